The highest BCUT2D eigenvalue weighted by molar-refractivity contribution is 4.65. The van der Waals surface area contributed by atoms with Crippen LogP contribution in [0.5, 0.6) is 0 Å². The molecule has 1 N–H and O–H groups in total. The molecule has 0 radical (unpaired) electrons. The van der Waals surface area contributed by atoms with Crippen molar-refractivity contribution < 1.29 is 22.0 Å². The third-order valence-electron chi connectivity index (χ3n) is 6.91. The van der Waals surface area contributed by atoms with Crippen LogP contribution < -0.4 is 12.4 Å². The molecule has 0 saturated carbocycles. The monoisotopic (exact) mass is 461 g/mol. The van der Waals surface area contributed by atoms with Crippen LogP contribution in [-0.4, -0.2) is 42.9 Å². The number of aliphatic hydroxyl groups is 1. The maximum absolute atomic E-state index is 9.99. The van der Waals surface area contributed by atoms with Crippen LogP contribution in [-0.2, 0) is 0 Å². The van der Waals surface area contributed by atoms with Gasteiger partial charge in [-0.3, -0.25) is 0 Å². The highest BCUT2D eigenvalue weighted by atomic mass is 35.5. The van der Waals surface area contributed by atoms with Crippen molar-refractivity contribution in [1.82, 2.24) is 0 Å². The van der Waals surface area contributed by atoms with Crippen molar-refractivity contribution in [1.29, 1.82) is 0 Å². The second kappa shape index (κ2) is 23.4. The molecular formula is C28H60ClNO. The minimum absolute atomic E-state index is 0. The normalized spacial score (nSPS) is 13.7. The molecule has 0 aliphatic rings. The van der Waals surface area contributed by atoms with Crippen molar-refractivity contribution in [3.05, 3.63) is 0 Å². The van der Waals surface area contributed by atoms with E-state index in [9.17, 15) is 5.11 Å². The van der Waals surface area contributed by atoms with Gasteiger partial charge in [0.25, 0.3) is 0 Å². The van der Waals surface area contributed by atoms with Gasteiger partial charge in [-0.25, -0.2) is 0 Å². The highest BCUT2D eigenvalue weighted by Crippen LogP contribution is 2.18. The third-order valence-corrected chi connectivity index (χ3v) is 6.91. The van der Waals surface area contributed by atoms with Gasteiger partial charge in [-0.1, -0.05) is 129 Å². The first-order valence-electron chi connectivity index (χ1n) is 13.9. The number of nitrogens with zero attached hydrogens (tertiary/aromatic N) is 1. The molecule has 0 rings (SSSR count). The van der Waals surface area contributed by atoms with E-state index in [4.69, 9.17) is 0 Å². The molecule has 0 aliphatic heterocycles. The van der Waals surface area contributed by atoms with Gasteiger partial charge in [0.05, 0.1) is 21.1 Å². The lowest BCUT2D eigenvalue weighted by Crippen LogP contribution is -3.00. The number of halogens is 1. The predicted molar refractivity (Wildman–Crippen MR) is 136 cm³/mol. The summed E-state index contributed by atoms with van der Waals surface area (Å²) in [5.41, 5.74) is 0. The van der Waals surface area contributed by atoms with Gasteiger partial charge in [0.2, 0.25) is 0 Å². The van der Waals surface area contributed by atoms with E-state index < -0.39 is 0 Å². The minimum Gasteiger partial charge on any atom is -1.00 e. The Morgan fingerprint density at radius 2 is 0.774 bits per heavy atom. The summed E-state index contributed by atoms with van der Waals surface area (Å²) in [6, 6.07) is 0.376. The van der Waals surface area contributed by atoms with Crippen molar-refractivity contribution in [3.63, 3.8) is 0 Å². The van der Waals surface area contributed by atoms with E-state index in [1.165, 1.54) is 128 Å². The first kappa shape index (κ1) is 33.4. The number of rotatable bonds is 23. The Hall–Kier alpha value is 0.210. The SMILES string of the molecule is CCCCCCCCCCCCCCCCCCCCCCC(C(C)O)[N+](C)(C)C.[Cl-]. The van der Waals surface area contributed by atoms with Crippen LogP contribution in [0.2, 0.25) is 0 Å². The van der Waals surface area contributed by atoms with Gasteiger partial charge in [-0.2, -0.15) is 0 Å². The van der Waals surface area contributed by atoms with Crippen LogP contribution in [0.4, 0.5) is 0 Å². The smallest absolute Gasteiger partial charge is 0.114 e. The predicted octanol–water partition coefficient (Wildman–Crippen LogP) is 5.66. The summed E-state index contributed by atoms with van der Waals surface area (Å²) in [5, 5.41) is 9.99. The summed E-state index contributed by atoms with van der Waals surface area (Å²) < 4.78 is 0.872. The van der Waals surface area contributed by atoms with E-state index in [2.05, 4.69) is 28.1 Å². The van der Waals surface area contributed by atoms with Crippen molar-refractivity contribution in [2.75, 3.05) is 21.1 Å². The molecule has 0 spiro atoms. The number of hydrogen-bond donors (Lipinski definition) is 1. The van der Waals surface area contributed by atoms with E-state index >= 15 is 0 Å². The standard InChI is InChI=1S/C28H60NO.ClH/c1-6-7-8-9-10-11-12-13-14-15-16-17-18-19-20-21-22-23-24-25-26-28(27(2)30)29(3,4)5;/h27-28,30H,6-26H2,1-5H3;1H/q+1;/p-1. The van der Waals surface area contributed by atoms with E-state index in [1.54, 1.807) is 0 Å². The lowest BCUT2D eigenvalue weighted by atomic mass is 10.00. The summed E-state index contributed by atoms with van der Waals surface area (Å²) in [7, 11) is 6.61. The Morgan fingerprint density at radius 1 is 0.516 bits per heavy atom. The molecule has 2 atom stereocenters. The first-order chi connectivity index (χ1) is 14.4. The van der Waals surface area contributed by atoms with E-state index in [-0.39, 0.29) is 18.5 Å². The molecule has 0 amide bonds. The summed E-state index contributed by atoms with van der Waals surface area (Å²) in [4.78, 5) is 0. The lowest BCUT2D eigenvalue weighted by Gasteiger charge is -2.36. The summed E-state index contributed by atoms with van der Waals surface area (Å²) in [5.74, 6) is 0. The molecule has 0 aromatic heterocycles. The van der Waals surface area contributed by atoms with Crippen LogP contribution in [0.3, 0.4) is 0 Å². The minimum atomic E-state index is -0.203. The molecule has 31 heavy (non-hydrogen) atoms. The molecule has 190 valence electrons. The third kappa shape index (κ3) is 23.2. The molecule has 0 aromatic rings. The fourth-order valence-corrected chi connectivity index (χ4v) is 4.88. The van der Waals surface area contributed by atoms with Crippen molar-refractivity contribution in [2.24, 2.45) is 0 Å². The van der Waals surface area contributed by atoms with Crippen LogP contribution in [0.1, 0.15) is 149 Å². The fourth-order valence-electron chi connectivity index (χ4n) is 4.88. The maximum Gasteiger partial charge on any atom is 0.114 e. The molecule has 0 heterocycles. The molecule has 0 fully saturated rings. The molecule has 0 bridgehead atoms. The Balaban J connectivity index is 0. The summed E-state index contributed by atoms with van der Waals surface area (Å²) in [6.07, 6.45) is 29.6. The summed E-state index contributed by atoms with van der Waals surface area (Å²) >= 11 is 0. The van der Waals surface area contributed by atoms with Gasteiger partial charge < -0.3 is 22.0 Å². The zero-order valence-corrected chi connectivity index (χ0v) is 23.0. The van der Waals surface area contributed by atoms with Gasteiger partial charge in [-0.05, 0) is 13.3 Å². The second-order valence-corrected chi connectivity index (χ2v) is 10.9. The highest BCUT2D eigenvalue weighted by Gasteiger charge is 2.27. The maximum atomic E-state index is 9.99. The number of quaternary nitrogens is 1. The van der Waals surface area contributed by atoms with Gasteiger partial charge in [-0.15, -0.1) is 0 Å². The van der Waals surface area contributed by atoms with Crippen LogP contribution >= 0.6 is 0 Å². The largest absolute Gasteiger partial charge is 1.00 e. The van der Waals surface area contributed by atoms with Crippen LogP contribution in [0, 0.1) is 0 Å². The van der Waals surface area contributed by atoms with E-state index in [0.717, 1.165) is 10.9 Å². The second-order valence-electron chi connectivity index (χ2n) is 10.9. The fraction of sp³-hybridized carbons (Fsp3) is 1.00. The Morgan fingerprint density at radius 3 is 1.00 bits per heavy atom. The lowest BCUT2D eigenvalue weighted by molar-refractivity contribution is -0.900. The number of unbranched alkanes of at least 4 members (excludes halogenated alkanes) is 19. The Kier molecular flexibility index (Phi) is 25.2. The van der Waals surface area contributed by atoms with Crippen molar-refractivity contribution in [3.8, 4) is 0 Å². The molecule has 2 nitrogen and oxygen atoms in total. The Bertz CT molecular complexity index is 340. The Labute approximate surface area is 204 Å². The molecule has 3 heteroatoms. The number of aliphatic hydroxyl groups excluding tert-OH is 1. The van der Waals surface area contributed by atoms with Gasteiger partial charge in [0, 0.05) is 6.42 Å². The number of hydrogen-bond acceptors (Lipinski definition) is 1. The van der Waals surface area contributed by atoms with Gasteiger partial charge >= 0.3 is 0 Å². The average molecular weight is 462 g/mol. The van der Waals surface area contributed by atoms with Gasteiger partial charge in [0.1, 0.15) is 12.1 Å². The topological polar surface area (TPSA) is 20.2 Å². The van der Waals surface area contributed by atoms with Crippen LogP contribution in [0.15, 0.2) is 0 Å². The first-order valence-corrected chi connectivity index (χ1v) is 13.9. The average Bonchev–Trinajstić information content (AvgIpc) is 2.68. The van der Waals surface area contributed by atoms with Crippen LogP contribution in [0.25, 0.3) is 0 Å². The molecule has 0 aliphatic carbocycles. The van der Waals surface area contributed by atoms with E-state index in [0.29, 0.717) is 6.04 Å². The van der Waals surface area contributed by atoms with Crippen molar-refractivity contribution >= 4 is 0 Å². The zero-order chi connectivity index (χ0) is 22.5. The van der Waals surface area contributed by atoms with E-state index in [1.807, 2.05) is 6.92 Å². The molecule has 0 saturated heterocycles. The molecule has 2 unspecified atom stereocenters. The molecule has 0 aromatic carbocycles. The summed E-state index contributed by atoms with van der Waals surface area (Å²) in [6.45, 7) is 4.25. The number of likely N-dealkylation sites (N-methyl/N-ethyl adjacent to an activating group) is 1. The zero-order valence-electron chi connectivity index (χ0n) is 22.3. The quantitative estimate of drug-likeness (QED) is 0.154. The molecular weight excluding hydrogens is 402 g/mol. The van der Waals surface area contributed by atoms with Crippen molar-refractivity contribution in [2.45, 2.75) is 161 Å². The van der Waals surface area contributed by atoms with Gasteiger partial charge in [0.15, 0.2) is 0 Å².